The van der Waals surface area contributed by atoms with Crippen molar-refractivity contribution in [3.63, 3.8) is 0 Å². The van der Waals surface area contributed by atoms with Gasteiger partial charge in [0.25, 0.3) is 5.91 Å². The van der Waals surface area contributed by atoms with Gasteiger partial charge in [0.15, 0.2) is 0 Å². The van der Waals surface area contributed by atoms with E-state index in [4.69, 9.17) is 11.6 Å². The fourth-order valence-corrected chi connectivity index (χ4v) is 4.65. The highest BCUT2D eigenvalue weighted by atomic mass is 35.5. The second-order valence-electron chi connectivity index (χ2n) is 6.74. The maximum absolute atomic E-state index is 12.7. The number of hydrogen-bond donors (Lipinski definition) is 1. The van der Waals surface area contributed by atoms with E-state index in [1.807, 2.05) is 33.0 Å². The molecule has 24 heavy (non-hydrogen) atoms. The predicted molar refractivity (Wildman–Crippen MR) is 95.6 cm³/mol. The molecule has 1 fully saturated rings. The molecule has 2 aromatic rings. The molecule has 0 aliphatic heterocycles. The lowest BCUT2D eigenvalue weighted by molar-refractivity contribution is 0.102. The smallest absolute Gasteiger partial charge is 0.259 e. The van der Waals surface area contributed by atoms with Crippen LogP contribution in [-0.2, 0) is 7.05 Å². The molecule has 0 spiro atoms. The third kappa shape index (κ3) is 2.20. The van der Waals surface area contributed by atoms with Crippen molar-refractivity contribution in [1.29, 1.82) is 0 Å². The topological polar surface area (TPSA) is 46.9 Å². The first-order valence-corrected chi connectivity index (χ1v) is 8.65. The highest BCUT2D eigenvalue weighted by Crippen LogP contribution is 2.60. The summed E-state index contributed by atoms with van der Waals surface area (Å²) in [5, 5.41) is 8.25. The lowest BCUT2D eigenvalue weighted by Gasteiger charge is -2.18. The molecule has 1 saturated carbocycles. The Bertz CT molecular complexity index is 877. The van der Waals surface area contributed by atoms with Crippen LogP contribution in [0.15, 0.2) is 35.0 Å². The number of aryl methyl sites for hydroxylation is 2. The molecule has 2 aliphatic carbocycles. The molecule has 2 bridgehead atoms. The highest BCUT2D eigenvalue weighted by Gasteiger charge is 2.43. The van der Waals surface area contributed by atoms with Gasteiger partial charge in [-0.05, 0) is 49.5 Å². The van der Waals surface area contributed by atoms with E-state index in [9.17, 15) is 4.79 Å². The van der Waals surface area contributed by atoms with Crippen LogP contribution >= 0.6 is 11.6 Å². The number of nitrogens with one attached hydrogen (secondary N) is 1. The van der Waals surface area contributed by atoms with Gasteiger partial charge >= 0.3 is 0 Å². The molecule has 0 unspecified atom stereocenters. The maximum Gasteiger partial charge on any atom is 0.259 e. The first-order chi connectivity index (χ1) is 11.5. The van der Waals surface area contributed by atoms with Crippen LogP contribution in [0.4, 0.5) is 5.69 Å². The molecule has 2 aliphatic rings. The average molecular weight is 342 g/mol. The van der Waals surface area contributed by atoms with Crippen LogP contribution in [-0.4, -0.2) is 15.7 Å². The van der Waals surface area contributed by atoms with Gasteiger partial charge < -0.3 is 5.32 Å². The van der Waals surface area contributed by atoms with Crippen molar-refractivity contribution in [2.75, 3.05) is 5.32 Å². The van der Waals surface area contributed by atoms with Crippen molar-refractivity contribution in [2.24, 2.45) is 7.05 Å². The number of halogens is 1. The number of aromatic nitrogens is 2. The summed E-state index contributed by atoms with van der Waals surface area (Å²) in [6.45, 7) is 3.83. The number of rotatable bonds is 2. The van der Waals surface area contributed by atoms with Gasteiger partial charge in [-0.2, -0.15) is 5.10 Å². The zero-order chi connectivity index (χ0) is 17.0. The minimum Gasteiger partial charge on any atom is -0.322 e. The van der Waals surface area contributed by atoms with E-state index in [0.717, 1.165) is 29.3 Å². The van der Waals surface area contributed by atoms with Crippen LogP contribution < -0.4 is 5.32 Å². The zero-order valence-electron chi connectivity index (χ0n) is 14.1. The van der Waals surface area contributed by atoms with E-state index in [0.29, 0.717) is 17.4 Å². The number of anilines is 1. The van der Waals surface area contributed by atoms with Crippen LogP contribution in [0.3, 0.4) is 0 Å². The third-order valence-electron chi connectivity index (χ3n) is 5.26. The first-order valence-electron chi connectivity index (χ1n) is 8.28. The van der Waals surface area contributed by atoms with Gasteiger partial charge in [0, 0.05) is 35.8 Å². The molecule has 5 heteroatoms. The largest absolute Gasteiger partial charge is 0.322 e. The molecule has 4 rings (SSSR count). The molecule has 1 aromatic heterocycles. The van der Waals surface area contributed by atoms with E-state index < -0.39 is 0 Å². The first kappa shape index (κ1) is 15.5. The van der Waals surface area contributed by atoms with Crippen LogP contribution in [0.1, 0.15) is 58.8 Å². The van der Waals surface area contributed by atoms with Crippen LogP contribution in [0.25, 0.3) is 0 Å². The normalized spacial score (nSPS) is 23.3. The Morgan fingerprint density at radius 2 is 2.08 bits per heavy atom. The molecule has 0 saturated heterocycles. The molecule has 4 nitrogen and oxygen atoms in total. The summed E-state index contributed by atoms with van der Waals surface area (Å²) in [6, 6.07) is 6.18. The Morgan fingerprint density at radius 1 is 1.33 bits per heavy atom. The molecule has 2 atom stereocenters. The Kier molecular flexibility index (Phi) is 3.53. The lowest BCUT2D eigenvalue weighted by Crippen LogP contribution is -2.15. The van der Waals surface area contributed by atoms with E-state index in [2.05, 4.69) is 16.5 Å². The zero-order valence-corrected chi connectivity index (χ0v) is 14.8. The predicted octanol–water partition coefficient (Wildman–Crippen LogP) is 4.47. The van der Waals surface area contributed by atoms with Gasteiger partial charge in [-0.3, -0.25) is 9.48 Å². The van der Waals surface area contributed by atoms with Crippen molar-refractivity contribution in [1.82, 2.24) is 9.78 Å². The van der Waals surface area contributed by atoms with Crippen molar-refractivity contribution >= 4 is 23.2 Å². The Morgan fingerprint density at radius 3 is 2.75 bits per heavy atom. The summed E-state index contributed by atoms with van der Waals surface area (Å²) >= 11 is 6.36. The molecule has 1 amide bonds. The quantitative estimate of drug-likeness (QED) is 0.876. The van der Waals surface area contributed by atoms with Gasteiger partial charge in [-0.25, -0.2) is 0 Å². The minimum absolute atomic E-state index is 0.107. The molecule has 124 valence electrons. The molecular formula is C19H20ClN3O. The summed E-state index contributed by atoms with van der Waals surface area (Å²) in [5.74, 6) is 0.651. The van der Waals surface area contributed by atoms with E-state index in [1.165, 1.54) is 16.7 Å². The molecule has 1 heterocycles. The fourth-order valence-electron chi connectivity index (χ4n) is 4.39. The number of carbonyl (C=O) groups is 1. The van der Waals surface area contributed by atoms with Crippen molar-refractivity contribution in [3.05, 3.63) is 57.4 Å². The maximum atomic E-state index is 12.7. The second-order valence-corrected chi connectivity index (χ2v) is 7.30. The molecule has 1 aromatic carbocycles. The standard InChI is InChI=1S/C19H20ClN3O/c1-10(20)17-13-7-8-14(17)18-12(13)5-4-6-16(18)21-19(24)15-9-23(3)22-11(15)2/h4-6,9,13-14H,7-8H2,1-3H3,(H,21,24)/b17-10+/t13-,14-/m1/s1. The average Bonchev–Trinajstić information content (AvgIpc) is 3.19. The lowest BCUT2D eigenvalue weighted by atomic mass is 9.90. The Labute approximate surface area is 146 Å². The van der Waals surface area contributed by atoms with Crippen LogP contribution in [0.5, 0.6) is 0 Å². The number of amides is 1. The number of hydrogen-bond acceptors (Lipinski definition) is 2. The van der Waals surface area contributed by atoms with Gasteiger partial charge in [-0.15, -0.1) is 0 Å². The summed E-state index contributed by atoms with van der Waals surface area (Å²) < 4.78 is 1.67. The van der Waals surface area contributed by atoms with Crippen molar-refractivity contribution in [3.8, 4) is 0 Å². The Balaban J connectivity index is 1.72. The fraction of sp³-hybridized carbons (Fsp3) is 0.368. The van der Waals surface area contributed by atoms with Crippen LogP contribution in [0, 0.1) is 6.92 Å². The number of allylic oxidation sites excluding steroid dienone is 2. The van der Waals surface area contributed by atoms with Gasteiger partial charge in [0.1, 0.15) is 0 Å². The van der Waals surface area contributed by atoms with Crippen LogP contribution in [0.2, 0.25) is 0 Å². The summed E-state index contributed by atoms with van der Waals surface area (Å²) in [5.41, 5.74) is 6.17. The highest BCUT2D eigenvalue weighted by molar-refractivity contribution is 6.29. The number of benzene rings is 1. The van der Waals surface area contributed by atoms with E-state index in [1.54, 1.807) is 10.9 Å². The van der Waals surface area contributed by atoms with E-state index in [-0.39, 0.29) is 5.91 Å². The van der Waals surface area contributed by atoms with Crippen molar-refractivity contribution < 1.29 is 4.79 Å². The second kappa shape index (κ2) is 5.49. The monoisotopic (exact) mass is 341 g/mol. The van der Waals surface area contributed by atoms with Gasteiger partial charge in [-0.1, -0.05) is 23.7 Å². The Hall–Kier alpha value is -2.07. The number of carbonyl (C=O) groups excluding carboxylic acids is 1. The summed E-state index contributed by atoms with van der Waals surface area (Å²) in [7, 11) is 1.82. The molecule has 1 N–H and O–H groups in total. The molecule has 0 radical (unpaired) electrons. The van der Waals surface area contributed by atoms with E-state index >= 15 is 0 Å². The number of nitrogens with zero attached hydrogens (tertiary/aromatic N) is 2. The SMILES string of the molecule is C/C(Cl)=C1\[C@H]2CC[C@@H]1c1cccc(NC(=O)c3cn(C)nc3C)c12. The third-order valence-corrected chi connectivity index (χ3v) is 5.48. The number of fused-ring (bicyclic) bond motifs is 5. The van der Waals surface area contributed by atoms with Crippen molar-refractivity contribution in [2.45, 2.75) is 38.5 Å². The summed E-state index contributed by atoms with van der Waals surface area (Å²) in [6.07, 6.45) is 4.01. The van der Waals surface area contributed by atoms with Gasteiger partial charge in [0.05, 0.1) is 11.3 Å². The summed E-state index contributed by atoms with van der Waals surface area (Å²) in [4.78, 5) is 12.7. The van der Waals surface area contributed by atoms with Gasteiger partial charge in [0.2, 0.25) is 0 Å². The molecular weight excluding hydrogens is 322 g/mol. The minimum atomic E-state index is -0.107.